The summed E-state index contributed by atoms with van der Waals surface area (Å²) < 4.78 is 10.5. The molecule has 4 nitrogen and oxygen atoms in total. The molecule has 0 amide bonds. The van der Waals surface area contributed by atoms with Crippen molar-refractivity contribution in [3.05, 3.63) is 15.6 Å². The molecule has 1 unspecified atom stereocenters. The normalized spacial score (nSPS) is 21.1. The van der Waals surface area contributed by atoms with Gasteiger partial charge in [-0.1, -0.05) is 0 Å². The second-order valence-electron chi connectivity index (χ2n) is 3.62. The average Bonchev–Trinajstić information content (AvgIpc) is 2.84. The van der Waals surface area contributed by atoms with E-state index in [0.717, 1.165) is 35.2 Å². The Morgan fingerprint density at radius 1 is 1.67 bits per heavy atom. The Labute approximate surface area is 93.4 Å². The van der Waals surface area contributed by atoms with Crippen molar-refractivity contribution < 1.29 is 9.47 Å². The van der Waals surface area contributed by atoms with Crippen LogP contribution in [0.5, 0.6) is 0 Å². The first-order valence-corrected chi connectivity index (χ1v) is 5.92. The lowest BCUT2D eigenvalue weighted by molar-refractivity contribution is 0.180. The molecule has 0 spiro atoms. The molecule has 1 atom stereocenters. The number of methoxy groups -OCH3 is 1. The van der Waals surface area contributed by atoms with Gasteiger partial charge in [0, 0.05) is 31.1 Å². The van der Waals surface area contributed by atoms with E-state index in [1.807, 2.05) is 0 Å². The van der Waals surface area contributed by atoms with Crippen molar-refractivity contribution in [2.45, 2.75) is 25.5 Å². The minimum absolute atomic E-state index is 0.464. The lowest BCUT2D eigenvalue weighted by Gasteiger charge is -2.00. The molecule has 2 heterocycles. The zero-order valence-corrected chi connectivity index (χ0v) is 9.68. The largest absolute Gasteiger partial charge is 0.381 e. The smallest absolute Gasteiger partial charge is 0.0987 e. The molecule has 0 aliphatic carbocycles. The van der Waals surface area contributed by atoms with E-state index in [-0.39, 0.29) is 0 Å². The van der Waals surface area contributed by atoms with Gasteiger partial charge in [0.25, 0.3) is 0 Å². The number of aromatic nitrogens is 1. The highest BCUT2D eigenvalue weighted by molar-refractivity contribution is 7.11. The Bertz CT molecular complexity index is 321. The number of hydrogen-bond donors (Lipinski definition) is 1. The molecule has 1 aliphatic rings. The number of nitrogens with zero attached hydrogens (tertiary/aromatic N) is 1. The summed E-state index contributed by atoms with van der Waals surface area (Å²) >= 11 is 1.70. The summed E-state index contributed by atoms with van der Waals surface area (Å²) in [5.74, 6) is 0.464. The second kappa shape index (κ2) is 5.03. The zero-order chi connectivity index (χ0) is 10.7. The summed E-state index contributed by atoms with van der Waals surface area (Å²) in [4.78, 5) is 5.72. The Morgan fingerprint density at radius 2 is 2.53 bits per heavy atom. The highest BCUT2D eigenvalue weighted by Gasteiger charge is 2.22. The van der Waals surface area contributed by atoms with Gasteiger partial charge in [0.05, 0.1) is 23.9 Å². The Kier molecular flexibility index (Phi) is 3.69. The van der Waals surface area contributed by atoms with Crippen LogP contribution in [-0.2, 0) is 22.6 Å². The quantitative estimate of drug-likeness (QED) is 0.842. The van der Waals surface area contributed by atoms with Gasteiger partial charge in [-0.25, -0.2) is 4.98 Å². The van der Waals surface area contributed by atoms with E-state index < -0.39 is 0 Å². The zero-order valence-electron chi connectivity index (χ0n) is 8.86. The summed E-state index contributed by atoms with van der Waals surface area (Å²) in [7, 11) is 1.68. The van der Waals surface area contributed by atoms with Crippen molar-refractivity contribution in [3.8, 4) is 0 Å². The van der Waals surface area contributed by atoms with E-state index >= 15 is 0 Å². The second-order valence-corrected chi connectivity index (χ2v) is 4.73. The monoisotopic (exact) mass is 228 g/mol. The maximum absolute atomic E-state index is 5.68. The fourth-order valence-electron chi connectivity index (χ4n) is 1.72. The molecule has 0 saturated carbocycles. The van der Waals surface area contributed by atoms with Crippen molar-refractivity contribution in [3.63, 3.8) is 0 Å². The first kappa shape index (κ1) is 11.0. The van der Waals surface area contributed by atoms with Gasteiger partial charge in [-0.15, -0.1) is 11.3 Å². The van der Waals surface area contributed by atoms with Crippen molar-refractivity contribution in [2.75, 3.05) is 20.3 Å². The van der Waals surface area contributed by atoms with Crippen LogP contribution in [0.3, 0.4) is 0 Å². The topological polar surface area (TPSA) is 57.4 Å². The van der Waals surface area contributed by atoms with E-state index in [0.29, 0.717) is 19.1 Å². The molecule has 1 aromatic rings. The number of nitrogens with two attached hydrogens (primary N) is 1. The molecule has 84 valence electrons. The molecule has 2 N–H and O–H groups in total. The SMILES string of the molecule is COCc1nc(C2CCOC2)sc1CN. The van der Waals surface area contributed by atoms with Gasteiger partial charge < -0.3 is 15.2 Å². The van der Waals surface area contributed by atoms with E-state index in [4.69, 9.17) is 15.2 Å². The van der Waals surface area contributed by atoms with Crippen LogP contribution in [0.2, 0.25) is 0 Å². The van der Waals surface area contributed by atoms with Crippen LogP contribution >= 0.6 is 11.3 Å². The fraction of sp³-hybridized carbons (Fsp3) is 0.700. The lowest BCUT2D eigenvalue weighted by atomic mass is 10.1. The fourth-order valence-corrected chi connectivity index (χ4v) is 2.78. The van der Waals surface area contributed by atoms with Crippen LogP contribution in [0.1, 0.15) is 27.9 Å². The summed E-state index contributed by atoms with van der Waals surface area (Å²) in [6, 6.07) is 0. The van der Waals surface area contributed by atoms with E-state index in [2.05, 4.69) is 4.98 Å². The Balaban J connectivity index is 2.17. The number of thiazole rings is 1. The number of ether oxygens (including phenoxy) is 2. The molecule has 0 bridgehead atoms. The van der Waals surface area contributed by atoms with Gasteiger partial charge in [0.15, 0.2) is 0 Å². The van der Waals surface area contributed by atoms with Crippen molar-refractivity contribution in [1.29, 1.82) is 0 Å². The van der Waals surface area contributed by atoms with Crippen LogP contribution in [-0.4, -0.2) is 25.3 Å². The Morgan fingerprint density at radius 3 is 3.13 bits per heavy atom. The standard InChI is InChI=1S/C10H16N2O2S/c1-13-6-8-9(4-11)15-10(12-8)7-2-3-14-5-7/h7H,2-6,11H2,1H3. The predicted molar refractivity (Wildman–Crippen MR) is 58.9 cm³/mol. The number of rotatable bonds is 4. The van der Waals surface area contributed by atoms with Gasteiger partial charge >= 0.3 is 0 Å². The highest BCUT2D eigenvalue weighted by atomic mass is 32.1. The molecule has 1 fully saturated rings. The van der Waals surface area contributed by atoms with E-state index in [9.17, 15) is 0 Å². The molecule has 1 aliphatic heterocycles. The molecule has 5 heteroatoms. The average molecular weight is 228 g/mol. The third-order valence-corrected chi connectivity index (χ3v) is 3.82. The van der Waals surface area contributed by atoms with Crippen LogP contribution in [0.4, 0.5) is 0 Å². The third-order valence-electron chi connectivity index (χ3n) is 2.54. The minimum Gasteiger partial charge on any atom is -0.381 e. The molecule has 1 aromatic heterocycles. The summed E-state index contributed by atoms with van der Waals surface area (Å²) in [5, 5.41) is 1.15. The van der Waals surface area contributed by atoms with Crippen LogP contribution in [0, 0.1) is 0 Å². The first-order valence-electron chi connectivity index (χ1n) is 5.10. The van der Waals surface area contributed by atoms with E-state index in [1.54, 1.807) is 18.4 Å². The molecule has 15 heavy (non-hydrogen) atoms. The predicted octanol–water partition coefficient (Wildman–Crippen LogP) is 1.25. The molecule has 2 rings (SSSR count). The third kappa shape index (κ3) is 2.36. The summed E-state index contributed by atoms with van der Waals surface area (Å²) in [6.07, 6.45) is 1.07. The lowest BCUT2D eigenvalue weighted by Crippen LogP contribution is -2.00. The van der Waals surface area contributed by atoms with Gasteiger partial charge in [-0.3, -0.25) is 0 Å². The van der Waals surface area contributed by atoms with Gasteiger partial charge in [0.2, 0.25) is 0 Å². The maximum Gasteiger partial charge on any atom is 0.0987 e. The van der Waals surface area contributed by atoms with Crippen LogP contribution < -0.4 is 5.73 Å². The molecule has 0 aromatic carbocycles. The van der Waals surface area contributed by atoms with Crippen LogP contribution in [0.15, 0.2) is 0 Å². The van der Waals surface area contributed by atoms with Crippen molar-refractivity contribution in [2.24, 2.45) is 5.73 Å². The summed E-state index contributed by atoms with van der Waals surface area (Å²) in [5.41, 5.74) is 6.67. The van der Waals surface area contributed by atoms with E-state index in [1.165, 1.54) is 0 Å². The van der Waals surface area contributed by atoms with Crippen molar-refractivity contribution in [1.82, 2.24) is 4.98 Å². The van der Waals surface area contributed by atoms with Crippen molar-refractivity contribution >= 4 is 11.3 Å². The van der Waals surface area contributed by atoms with Gasteiger partial charge in [-0.05, 0) is 6.42 Å². The number of hydrogen-bond acceptors (Lipinski definition) is 5. The summed E-state index contributed by atoms with van der Waals surface area (Å²) in [6.45, 7) is 2.74. The highest BCUT2D eigenvalue weighted by Crippen LogP contribution is 2.30. The van der Waals surface area contributed by atoms with Crippen LogP contribution in [0.25, 0.3) is 0 Å². The van der Waals surface area contributed by atoms with Gasteiger partial charge in [-0.2, -0.15) is 0 Å². The minimum atomic E-state index is 0.464. The maximum atomic E-state index is 5.68. The molecular weight excluding hydrogens is 212 g/mol. The van der Waals surface area contributed by atoms with Gasteiger partial charge in [0.1, 0.15) is 0 Å². The molecule has 0 radical (unpaired) electrons. The molecular formula is C10H16N2O2S. The first-order chi connectivity index (χ1) is 7.35. The molecule has 1 saturated heterocycles. The Hall–Kier alpha value is -0.490.